The first-order valence-corrected chi connectivity index (χ1v) is 6.96. The normalized spacial score (nSPS) is 31.2. The number of rotatable bonds is 2. The Labute approximate surface area is 117 Å². The van der Waals surface area contributed by atoms with Crippen LogP contribution in [0, 0.1) is 0 Å². The van der Waals surface area contributed by atoms with Gasteiger partial charge in [-0.1, -0.05) is 23.7 Å². The van der Waals surface area contributed by atoms with Crippen molar-refractivity contribution in [3.05, 3.63) is 34.9 Å². The molecule has 0 bridgehead atoms. The third-order valence-corrected chi connectivity index (χ3v) is 4.01. The number of carbonyl (C=O) groups is 1. The summed E-state index contributed by atoms with van der Waals surface area (Å²) in [6, 6.07) is 7.66. The molecule has 3 atom stereocenters. The molecule has 2 fully saturated rings. The standard InChI is InChI=1S/C14H17ClN2O2/c1-9-14(18)17(12-5-6-19-8-12)13(16-9)10-3-2-4-11(15)7-10/h2-4,7,9,12-13,16H,5-6,8H2,1H3. The topological polar surface area (TPSA) is 41.6 Å². The summed E-state index contributed by atoms with van der Waals surface area (Å²) in [6.45, 7) is 3.25. The van der Waals surface area contributed by atoms with Crippen LogP contribution in [0.15, 0.2) is 24.3 Å². The van der Waals surface area contributed by atoms with Gasteiger partial charge in [0.05, 0.1) is 18.7 Å². The largest absolute Gasteiger partial charge is 0.379 e. The van der Waals surface area contributed by atoms with Crippen LogP contribution < -0.4 is 5.32 Å². The van der Waals surface area contributed by atoms with E-state index in [9.17, 15) is 4.79 Å². The third-order valence-electron chi connectivity index (χ3n) is 3.77. The molecule has 0 spiro atoms. The second-order valence-electron chi connectivity index (χ2n) is 5.11. The molecule has 1 amide bonds. The van der Waals surface area contributed by atoms with Gasteiger partial charge in [-0.3, -0.25) is 10.1 Å². The van der Waals surface area contributed by atoms with Crippen LogP contribution in [0.3, 0.4) is 0 Å². The first-order chi connectivity index (χ1) is 9.16. The summed E-state index contributed by atoms with van der Waals surface area (Å²) in [5.41, 5.74) is 1.03. The summed E-state index contributed by atoms with van der Waals surface area (Å²) < 4.78 is 5.41. The summed E-state index contributed by atoms with van der Waals surface area (Å²) in [5.74, 6) is 0.139. The molecule has 3 unspecified atom stereocenters. The Bertz CT molecular complexity index is 488. The Kier molecular flexibility index (Phi) is 3.48. The van der Waals surface area contributed by atoms with Gasteiger partial charge in [0.1, 0.15) is 6.17 Å². The van der Waals surface area contributed by atoms with E-state index in [1.807, 2.05) is 36.1 Å². The smallest absolute Gasteiger partial charge is 0.241 e. The number of hydrogen-bond acceptors (Lipinski definition) is 3. The highest BCUT2D eigenvalue weighted by Gasteiger charge is 2.42. The lowest BCUT2D eigenvalue weighted by atomic mass is 10.1. The lowest BCUT2D eigenvalue weighted by Gasteiger charge is -2.29. The van der Waals surface area contributed by atoms with E-state index in [1.165, 1.54) is 0 Å². The number of benzene rings is 1. The highest BCUT2D eigenvalue weighted by molar-refractivity contribution is 6.30. The van der Waals surface area contributed by atoms with Gasteiger partial charge in [0.25, 0.3) is 0 Å². The van der Waals surface area contributed by atoms with Gasteiger partial charge in [-0.05, 0) is 31.0 Å². The summed E-state index contributed by atoms with van der Waals surface area (Å²) in [7, 11) is 0. The number of nitrogens with zero attached hydrogens (tertiary/aromatic N) is 1. The van der Waals surface area contributed by atoms with Crippen molar-refractivity contribution < 1.29 is 9.53 Å². The number of carbonyl (C=O) groups excluding carboxylic acids is 1. The van der Waals surface area contributed by atoms with E-state index in [1.54, 1.807) is 0 Å². The molecule has 0 aliphatic carbocycles. The Balaban J connectivity index is 1.92. The number of hydrogen-bond donors (Lipinski definition) is 1. The first kappa shape index (κ1) is 12.9. The molecule has 1 aromatic rings. The zero-order valence-electron chi connectivity index (χ0n) is 10.8. The summed E-state index contributed by atoms with van der Waals surface area (Å²) in [4.78, 5) is 14.3. The van der Waals surface area contributed by atoms with Crippen molar-refractivity contribution in [1.29, 1.82) is 0 Å². The average Bonchev–Trinajstić information content (AvgIpc) is 2.99. The first-order valence-electron chi connectivity index (χ1n) is 6.58. The number of amides is 1. The molecule has 2 heterocycles. The maximum Gasteiger partial charge on any atom is 0.241 e. The minimum atomic E-state index is -0.162. The monoisotopic (exact) mass is 280 g/mol. The van der Waals surface area contributed by atoms with Crippen molar-refractivity contribution in [2.75, 3.05) is 13.2 Å². The summed E-state index contributed by atoms with van der Waals surface area (Å²) in [5, 5.41) is 4.03. The summed E-state index contributed by atoms with van der Waals surface area (Å²) >= 11 is 6.05. The van der Waals surface area contributed by atoms with Crippen LogP contribution in [0.4, 0.5) is 0 Å². The maximum absolute atomic E-state index is 12.3. The van der Waals surface area contributed by atoms with Gasteiger partial charge >= 0.3 is 0 Å². The Morgan fingerprint density at radius 2 is 2.32 bits per heavy atom. The molecule has 0 saturated carbocycles. The number of ether oxygens (including phenoxy) is 1. The fraction of sp³-hybridized carbons (Fsp3) is 0.500. The van der Waals surface area contributed by atoms with Gasteiger partial charge in [0, 0.05) is 11.6 Å². The average molecular weight is 281 g/mol. The fourth-order valence-corrected chi connectivity index (χ4v) is 3.00. The van der Waals surface area contributed by atoms with Crippen LogP contribution in [0.2, 0.25) is 5.02 Å². The van der Waals surface area contributed by atoms with E-state index >= 15 is 0 Å². The molecular weight excluding hydrogens is 264 g/mol. The van der Waals surface area contributed by atoms with E-state index in [-0.39, 0.29) is 24.2 Å². The second kappa shape index (κ2) is 5.12. The van der Waals surface area contributed by atoms with Crippen molar-refractivity contribution in [2.45, 2.75) is 31.6 Å². The number of nitrogens with one attached hydrogen (secondary N) is 1. The molecular formula is C14H17ClN2O2. The molecule has 5 heteroatoms. The van der Waals surface area contributed by atoms with Gasteiger partial charge in [-0.2, -0.15) is 0 Å². The molecule has 1 aromatic carbocycles. The minimum absolute atomic E-state index is 0.104. The zero-order chi connectivity index (χ0) is 13.4. The summed E-state index contributed by atoms with van der Waals surface area (Å²) in [6.07, 6.45) is 0.796. The van der Waals surface area contributed by atoms with Crippen molar-refractivity contribution in [1.82, 2.24) is 10.2 Å². The number of halogens is 1. The molecule has 102 valence electrons. The van der Waals surface area contributed by atoms with Gasteiger partial charge in [0.2, 0.25) is 5.91 Å². The molecule has 3 rings (SSSR count). The molecule has 0 radical (unpaired) electrons. The molecule has 2 saturated heterocycles. The highest BCUT2D eigenvalue weighted by Crippen LogP contribution is 2.31. The van der Waals surface area contributed by atoms with Crippen LogP contribution in [-0.4, -0.2) is 36.1 Å². The Morgan fingerprint density at radius 3 is 3.00 bits per heavy atom. The second-order valence-corrected chi connectivity index (χ2v) is 5.55. The van der Waals surface area contributed by atoms with E-state index < -0.39 is 0 Å². The lowest BCUT2D eigenvalue weighted by molar-refractivity contribution is -0.132. The van der Waals surface area contributed by atoms with E-state index in [2.05, 4.69) is 5.32 Å². The predicted octanol–water partition coefficient (Wildman–Crippen LogP) is 1.95. The predicted molar refractivity (Wildman–Crippen MR) is 72.9 cm³/mol. The van der Waals surface area contributed by atoms with E-state index in [4.69, 9.17) is 16.3 Å². The molecule has 2 aliphatic heterocycles. The van der Waals surface area contributed by atoms with Gasteiger partial charge < -0.3 is 9.64 Å². The highest BCUT2D eigenvalue weighted by atomic mass is 35.5. The fourth-order valence-electron chi connectivity index (χ4n) is 2.80. The van der Waals surface area contributed by atoms with Crippen molar-refractivity contribution in [3.63, 3.8) is 0 Å². The Morgan fingerprint density at radius 1 is 1.47 bits per heavy atom. The van der Waals surface area contributed by atoms with Crippen LogP contribution in [0.1, 0.15) is 25.1 Å². The van der Waals surface area contributed by atoms with Crippen LogP contribution in [-0.2, 0) is 9.53 Å². The van der Waals surface area contributed by atoms with Crippen molar-refractivity contribution in [3.8, 4) is 0 Å². The van der Waals surface area contributed by atoms with Crippen LogP contribution in [0.25, 0.3) is 0 Å². The zero-order valence-corrected chi connectivity index (χ0v) is 11.6. The van der Waals surface area contributed by atoms with Gasteiger partial charge in [-0.25, -0.2) is 0 Å². The molecule has 0 aromatic heterocycles. The third kappa shape index (κ3) is 2.36. The van der Waals surface area contributed by atoms with Crippen molar-refractivity contribution in [2.24, 2.45) is 0 Å². The molecule has 2 aliphatic rings. The van der Waals surface area contributed by atoms with Gasteiger partial charge in [-0.15, -0.1) is 0 Å². The maximum atomic E-state index is 12.3. The molecule has 1 N–H and O–H groups in total. The molecule has 4 nitrogen and oxygen atoms in total. The van der Waals surface area contributed by atoms with Crippen LogP contribution >= 0.6 is 11.6 Å². The lowest BCUT2D eigenvalue weighted by Crippen LogP contribution is -2.40. The quantitative estimate of drug-likeness (QED) is 0.900. The van der Waals surface area contributed by atoms with Crippen LogP contribution in [0.5, 0.6) is 0 Å². The molecule has 19 heavy (non-hydrogen) atoms. The minimum Gasteiger partial charge on any atom is -0.379 e. The van der Waals surface area contributed by atoms with E-state index in [0.29, 0.717) is 11.6 Å². The SMILES string of the molecule is CC1NC(c2cccc(Cl)c2)N(C2CCOC2)C1=O. The van der Waals surface area contributed by atoms with Crippen molar-refractivity contribution >= 4 is 17.5 Å². The van der Waals surface area contributed by atoms with E-state index in [0.717, 1.165) is 18.6 Å². The Hall–Kier alpha value is -1.10. The van der Waals surface area contributed by atoms with Gasteiger partial charge in [0.15, 0.2) is 0 Å².